The highest BCUT2D eigenvalue weighted by molar-refractivity contribution is 6.27. The number of nitrogens with zero attached hydrogens (tertiary/aromatic N) is 2. The highest BCUT2D eigenvalue weighted by Crippen LogP contribution is 2.58. The van der Waals surface area contributed by atoms with Crippen molar-refractivity contribution in [3.05, 3.63) is 227 Å². The first-order valence-corrected chi connectivity index (χ1v) is 15.6. The average Bonchev–Trinajstić information content (AvgIpc) is 3.13. The van der Waals surface area contributed by atoms with E-state index in [0.29, 0.717) is 0 Å². The molecule has 0 radical (unpaired) electrons. The Hall–Kier alpha value is -6.12. The Morgan fingerprint density at radius 2 is 0.826 bits per heavy atom. The number of pyridine rings is 2. The molecule has 1 aliphatic carbocycles. The summed E-state index contributed by atoms with van der Waals surface area (Å²) in [5.41, 5.74) is 14.0. The van der Waals surface area contributed by atoms with Crippen molar-refractivity contribution in [2.45, 2.75) is 0 Å². The van der Waals surface area contributed by atoms with E-state index < -0.39 is 0 Å². The van der Waals surface area contributed by atoms with E-state index in [4.69, 9.17) is 0 Å². The molecule has 0 bridgehead atoms. The van der Waals surface area contributed by atoms with Crippen molar-refractivity contribution in [3.8, 4) is 0 Å². The van der Waals surface area contributed by atoms with E-state index in [0.717, 1.165) is 22.3 Å². The molecule has 0 fully saturated rings. The topological polar surface area (TPSA) is 25.8 Å². The summed E-state index contributed by atoms with van der Waals surface area (Å²) in [6.07, 6.45) is 7.65. The van der Waals surface area contributed by atoms with Gasteiger partial charge in [-0.3, -0.25) is 9.97 Å². The highest BCUT2D eigenvalue weighted by atomic mass is 14.6. The maximum absolute atomic E-state index is 4.60. The van der Waals surface area contributed by atoms with Crippen molar-refractivity contribution in [1.82, 2.24) is 9.97 Å². The number of fused-ring (bicyclic) bond motifs is 1. The number of aromatic nitrogens is 2. The molecule has 2 heteroatoms. The second-order valence-corrected chi connectivity index (χ2v) is 11.4. The molecule has 8 rings (SSSR count). The lowest BCUT2D eigenvalue weighted by Crippen LogP contribution is -2.17. The lowest BCUT2D eigenvalue weighted by molar-refractivity contribution is 1.28. The van der Waals surface area contributed by atoms with Crippen LogP contribution in [0.1, 0.15) is 33.4 Å². The first-order chi connectivity index (χ1) is 22.9. The van der Waals surface area contributed by atoms with E-state index in [9.17, 15) is 0 Å². The van der Waals surface area contributed by atoms with Crippen LogP contribution in [0, 0.1) is 0 Å². The maximum Gasteiger partial charge on any atom is 0.0346 e. The largest absolute Gasteiger partial charge is 0.264 e. The van der Waals surface area contributed by atoms with Crippen LogP contribution in [0.4, 0.5) is 0 Å². The molecule has 0 amide bonds. The quantitative estimate of drug-likeness (QED) is 0.194. The summed E-state index contributed by atoms with van der Waals surface area (Å²) in [6, 6.07) is 56.1. The van der Waals surface area contributed by atoms with Crippen molar-refractivity contribution in [2.24, 2.45) is 0 Å². The normalized spacial score (nSPS) is 13.8. The van der Waals surface area contributed by atoms with Gasteiger partial charge in [0.25, 0.3) is 0 Å². The zero-order chi connectivity index (χ0) is 30.7. The van der Waals surface area contributed by atoms with Crippen molar-refractivity contribution in [2.75, 3.05) is 0 Å². The minimum atomic E-state index is 1.08. The van der Waals surface area contributed by atoms with E-state index >= 15 is 0 Å². The second kappa shape index (κ2) is 12.1. The number of rotatable bonds is 6. The molecule has 2 nitrogen and oxygen atoms in total. The van der Waals surface area contributed by atoms with E-state index in [1.807, 2.05) is 36.9 Å². The fraction of sp³-hybridized carbons (Fsp3) is 0. The molecule has 216 valence electrons. The Bertz CT molecular complexity index is 2200. The van der Waals surface area contributed by atoms with Crippen LogP contribution < -0.4 is 0 Å². The molecular formula is C44H30N2. The molecule has 0 aliphatic heterocycles. The minimum Gasteiger partial charge on any atom is -0.264 e. The highest BCUT2D eigenvalue weighted by Gasteiger charge is 2.38. The molecule has 2 aromatic heterocycles. The zero-order valence-electron chi connectivity index (χ0n) is 25.2. The van der Waals surface area contributed by atoms with Gasteiger partial charge in [0.1, 0.15) is 0 Å². The molecule has 0 spiro atoms. The molecule has 0 saturated heterocycles. The van der Waals surface area contributed by atoms with Gasteiger partial charge >= 0.3 is 0 Å². The van der Waals surface area contributed by atoms with Crippen LogP contribution in [0.15, 0.2) is 194 Å². The summed E-state index contributed by atoms with van der Waals surface area (Å²) in [4.78, 5) is 9.20. The molecule has 46 heavy (non-hydrogen) atoms. The van der Waals surface area contributed by atoms with E-state index in [1.165, 1.54) is 55.3 Å². The number of hydrogen-bond donors (Lipinski definition) is 0. The first kappa shape index (κ1) is 27.4. The first-order valence-electron chi connectivity index (χ1n) is 15.6. The summed E-state index contributed by atoms with van der Waals surface area (Å²) < 4.78 is 0. The summed E-state index contributed by atoms with van der Waals surface area (Å²) in [6.45, 7) is 0. The number of hydrogen-bond acceptors (Lipinski definition) is 2. The van der Waals surface area contributed by atoms with Crippen LogP contribution in [0.2, 0.25) is 0 Å². The molecule has 1 aliphatic rings. The fourth-order valence-electron chi connectivity index (χ4n) is 6.68. The SMILES string of the molecule is c1ccc(C(=C2C(=C(c3ccccc3)c3cccc4ccccc34)C(c3cccnc3)=C2c2cccnc2)c2ccccc2)cc1. The lowest BCUT2D eigenvalue weighted by atomic mass is 9.65. The predicted molar refractivity (Wildman–Crippen MR) is 191 cm³/mol. The van der Waals surface area contributed by atoms with Crippen LogP contribution in [0.25, 0.3) is 33.1 Å². The van der Waals surface area contributed by atoms with Gasteiger partial charge in [0.2, 0.25) is 0 Å². The maximum atomic E-state index is 4.60. The van der Waals surface area contributed by atoms with Gasteiger partial charge in [0.05, 0.1) is 0 Å². The third-order valence-corrected chi connectivity index (χ3v) is 8.65. The molecule has 2 heterocycles. The average molecular weight is 587 g/mol. The second-order valence-electron chi connectivity index (χ2n) is 11.4. The fourth-order valence-corrected chi connectivity index (χ4v) is 6.68. The van der Waals surface area contributed by atoms with Crippen LogP contribution in [0.3, 0.4) is 0 Å². The molecular weight excluding hydrogens is 556 g/mol. The minimum absolute atomic E-state index is 1.08. The molecule has 0 saturated carbocycles. The Morgan fingerprint density at radius 1 is 0.370 bits per heavy atom. The van der Waals surface area contributed by atoms with Crippen LogP contribution >= 0.6 is 0 Å². The van der Waals surface area contributed by atoms with Crippen molar-refractivity contribution in [1.29, 1.82) is 0 Å². The summed E-state index contributed by atoms with van der Waals surface area (Å²) in [7, 11) is 0. The molecule has 7 aromatic rings. The Kier molecular flexibility index (Phi) is 7.22. The van der Waals surface area contributed by atoms with Crippen LogP contribution in [-0.2, 0) is 0 Å². The van der Waals surface area contributed by atoms with Gasteiger partial charge in [-0.1, -0.05) is 146 Å². The van der Waals surface area contributed by atoms with E-state index in [2.05, 4.69) is 156 Å². The van der Waals surface area contributed by atoms with Crippen LogP contribution in [0.5, 0.6) is 0 Å². The summed E-state index contributed by atoms with van der Waals surface area (Å²) in [5.74, 6) is 0. The van der Waals surface area contributed by atoms with Gasteiger partial charge in [-0.25, -0.2) is 0 Å². The molecule has 0 atom stereocenters. The monoisotopic (exact) mass is 586 g/mol. The molecule has 5 aromatic carbocycles. The summed E-state index contributed by atoms with van der Waals surface area (Å²) in [5, 5.41) is 2.43. The summed E-state index contributed by atoms with van der Waals surface area (Å²) >= 11 is 0. The van der Waals surface area contributed by atoms with Crippen LogP contribution in [-0.4, -0.2) is 9.97 Å². The predicted octanol–water partition coefficient (Wildman–Crippen LogP) is 10.6. The Labute approximate surface area is 269 Å². The van der Waals surface area contributed by atoms with Gasteiger partial charge < -0.3 is 0 Å². The van der Waals surface area contributed by atoms with Gasteiger partial charge in [-0.15, -0.1) is 0 Å². The molecule has 0 N–H and O–H groups in total. The van der Waals surface area contributed by atoms with Gasteiger partial charge in [-0.05, 0) is 67.5 Å². The van der Waals surface area contributed by atoms with Crippen molar-refractivity contribution < 1.29 is 0 Å². The van der Waals surface area contributed by atoms with Gasteiger partial charge in [0.15, 0.2) is 0 Å². The Morgan fingerprint density at radius 3 is 1.35 bits per heavy atom. The third-order valence-electron chi connectivity index (χ3n) is 8.65. The van der Waals surface area contributed by atoms with E-state index in [-0.39, 0.29) is 0 Å². The standard InChI is InChI=1S/C44H30N2/c1-4-16-32(17-5-1)39(33-18-6-2-7-19-33)43-41(35-23-13-27-45-29-35)42(36-24-14-28-46-30-36)44(43)40(34-20-8-3-9-21-34)38-26-12-22-31-15-10-11-25-37(31)38/h1-30H. The smallest absolute Gasteiger partial charge is 0.0346 e. The third kappa shape index (κ3) is 4.87. The van der Waals surface area contributed by atoms with Crippen molar-refractivity contribution >= 4 is 33.1 Å². The lowest BCUT2D eigenvalue weighted by Gasteiger charge is -2.37. The van der Waals surface area contributed by atoms with Gasteiger partial charge in [0, 0.05) is 47.1 Å². The molecule has 0 unspecified atom stereocenters. The van der Waals surface area contributed by atoms with Crippen molar-refractivity contribution in [3.63, 3.8) is 0 Å². The number of allylic oxidation sites excluding steroid dienone is 4. The zero-order valence-corrected chi connectivity index (χ0v) is 25.2. The number of benzene rings is 5. The van der Waals surface area contributed by atoms with E-state index in [1.54, 1.807) is 0 Å². The Balaban J connectivity index is 1.62. The van der Waals surface area contributed by atoms with Gasteiger partial charge in [-0.2, -0.15) is 0 Å².